The maximum Gasteiger partial charge on any atom is 0.149 e. The van der Waals surface area contributed by atoms with Crippen molar-refractivity contribution in [2.75, 3.05) is 12.3 Å². The second-order valence-electron chi connectivity index (χ2n) is 3.39. The molecule has 0 aliphatic heterocycles. The molecule has 1 aromatic carbocycles. The molecule has 0 fully saturated rings. The van der Waals surface area contributed by atoms with Crippen LogP contribution in [0.4, 0.5) is 10.1 Å². The molecule has 13 heavy (non-hydrogen) atoms. The minimum absolute atomic E-state index is 0.150. The lowest BCUT2D eigenvalue weighted by Crippen LogP contribution is -2.04. The molecule has 0 heterocycles. The molecule has 0 radical (unpaired) electrons. The van der Waals surface area contributed by atoms with Crippen molar-refractivity contribution < 1.29 is 9.13 Å². The van der Waals surface area contributed by atoms with Gasteiger partial charge < -0.3 is 10.5 Å². The molecule has 2 nitrogen and oxygen atoms in total. The Morgan fingerprint density at radius 3 is 2.69 bits per heavy atom. The fraction of sp³-hybridized carbons (Fsp3) is 0.400. The van der Waals surface area contributed by atoms with Crippen molar-refractivity contribution in [2.24, 2.45) is 5.92 Å². The average Bonchev–Trinajstić information content (AvgIpc) is 2.07. The van der Waals surface area contributed by atoms with Crippen LogP contribution in [0.3, 0.4) is 0 Å². The van der Waals surface area contributed by atoms with Crippen LogP contribution >= 0.6 is 0 Å². The zero-order valence-electron chi connectivity index (χ0n) is 7.88. The smallest absolute Gasteiger partial charge is 0.149 e. The highest BCUT2D eigenvalue weighted by atomic mass is 19.1. The van der Waals surface area contributed by atoms with Crippen molar-refractivity contribution in [1.29, 1.82) is 0 Å². The van der Waals surface area contributed by atoms with Crippen molar-refractivity contribution in [2.45, 2.75) is 13.8 Å². The van der Waals surface area contributed by atoms with Crippen LogP contribution in [0.25, 0.3) is 0 Å². The lowest BCUT2D eigenvalue weighted by Gasteiger charge is -2.08. The molecular formula is C10H14FNO. The van der Waals surface area contributed by atoms with E-state index >= 15 is 0 Å². The lowest BCUT2D eigenvalue weighted by atomic mass is 10.2. The summed E-state index contributed by atoms with van der Waals surface area (Å²) in [5, 5.41) is 0. The maximum atomic E-state index is 12.9. The summed E-state index contributed by atoms with van der Waals surface area (Å²) in [5.41, 5.74) is 5.46. The first kappa shape index (κ1) is 9.84. The first-order chi connectivity index (χ1) is 6.09. The standard InChI is InChI=1S/C10H14FNO/c1-7(2)6-13-8-3-4-10(12)9(11)5-8/h3-5,7H,6,12H2,1-2H3. The Hall–Kier alpha value is -1.25. The Bertz CT molecular complexity index is 286. The highest BCUT2D eigenvalue weighted by molar-refractivity contribution is 5.43. The largest absolute Gasteiger partial charge is 0.493 e. The summed E-state index contributed by atoms with van der Waals surface area (Å²) in [7, 11) is 0. The van der Waals surface area contributed by atoms with Crippen molar-refractivity contribution in [3.8, 4) is 5.75 Å². The summed E-state index contributed by atoms with van der Waals surface area (Å²) in [6.07, 6.45) is 0. The molecule has 3 heteroatoms. The van der Waals surface area contributed by atoms with E-state index in [2.05, 4.69) is 0 Å². The van der Waals surface area contributed by atoms with Gasteiger partial charge in [0.1, 0.15) is 11.6 Å². The molecule has 1 aromatic rings. The quantitative estimate of drug-likeness (QED) is 0.730. The van der Waals surface area contributed by atoms with Crippen LogP contribution in [0.5, 0.6) is 5.75 Å². The molecule has 0 amide bonds. The summed E-state index contributed by atoms with van der Waals surface area (Å²) in [6.45, 7) is 4.66. The molecule has 0 aliphatic carbocycles. The Morgan fingerprint density at radius 2 is 2.15 bits per heavy atom. The Morgan fingerprint density at radius 1 is 1.46 bits per heavy atom. The van der Waals surface area contributed by atoms with Crippen LogP contribution < -0.4 is 10.5 Å². The number of anilines is 1. The van der Waals surface area contributed by atoms with E-state index in [4.69, 9.17) is 10.5 Å². The molecule has 0 saturated heterocycles. The molecule has 0 aliphatic rings. The van der Waals surface area contributed by atoms with Crippen LogP contribution in [0.1, 0.15) is 13.8 Å². The molecular weight excluding hydrogens is 169 g/mol. The highest BCUT2D eigenvalue weighted by Crippen LogP contribution is 2.18. The average molecular weight is 183 g/mol. The number of hydrogen-bond donors (Lipinski definition) is 1. The van der Waals surface area contributed by atoms with Crippen LogP contribution in [-0.4, -0.2) is 6.61 Å². The molecule has 0 aromatic heterocycles. The van der Waals surface area contributed by atoms with E-state index in [-0.39, 0.29) is 5.69 Å². The van der Waals surface area contributed by atoms with E-state index in [9.17, 15) is 4.39 Å². The van der Waals surface area contributed by atoms with E-state index in [1.807, 2.05) is 13.8 Å². The van der Waals surface area contributed by atoms with Crippen LogP contribution in [0, 0.1) is 11.7 Å². The fourth-order valence-electron chi connectivity index (χ4n) is 0.861. The summed E-state index contributed by atoms with van der Waals surface area (Å²) < 4.78 is 18.2. The first-order valence-electron chi connectivity index (χ1n) is 4.27. The van der Waals surface area contributed by atoms with E-state index in [1.165, 1.54) is 12.1 Å². The molecule has 0 bridgehead atoms. The van der Waals surface area contributed by atoms with Gasteiger partial charge in [0, 0.05) is 6.07 Å². The number of nitrogen functional groups attached to an aromatic ring is 1. The van der Waals surface area contributed by atoms with Crippen LogP contribution in [0.2, 0.25) is 0 Å². The predicted molar refractivity (Wildman–Crippen MR) is 51.1 cm³/mol. The Labute approximate surface area is 77.5 Å². The molecule has 0 saturated carbocycles. The minimum atomic E-state index is -0.429. The third-order valence-corrected chi connectivity index (χ3v) is 1.56. The number of ether oxygens (including phenoxy) is 1. The SMILES string of the molecule is CC(C)COc1ccc(N)c(F)c1. The number of halogens is 1. The number of hydrogen-bond acceptors (Lipinski definition) is 2. The van der Waals surface area contributed by atoms with Crippen LogP contribution in [0.15, 0.2) is 18.2 Å². The van der Waals surface area contributed by atoms with Gasteiger partial charge in [-0.15, -0.1) is 0 Å². The van der Waals surface area contributed by atoms with Crippen molar-refractivity contribution in [1.82, 2.24) is 0 Å². The van der Waals surface area contributed by atoms with E-state index in [0.717, 1.165) is 0 Å². The van der Waals surface area contributed by atoms with Gasteiger partial charge in [0.15, 0.2) is 0 Å². The van der Waals surface area contributed by atoms with Gasteiger partial charge in [-0.25, -0.2) is 4.39 Å². The van der Waals surface area contributed by atoms with Gasteiger partial charge in [-0.05, 0) is 18.1 Å². The normalized spacial score (nSPS) is 10.5. The van der Waals surface area contributed by atoms with Gasteiger partial charge in [-0.1, -0.05) is 13.8 Å². The van der Waals surface area contributed by atoms with E-state index < -0.39 is 5.82 Å². The summed E-state index contributed by atoms with van der Waals surface area (Å²) in [6, 6.07) is 4.48. The lowest BCUT2D eigenvalue weighted by molar-refractivity contribution is 0.270. The first-order valence-corrected chi connectivity index (χ1v) is 4.27. The van der Waals surface area contributed by atoms with Gasteiger partial charge in [0.2, 0.25) is 0 Å². The van der Waals surface area contributed by atoms with Crippen LogP contribution in [-0.2, 0) is 0 Å². The van der Waals surface area contributed by atoms with E-state index in [1.54, 1.807) is 6.07 Å². The Kier molecular flexibility index (Phi) is 3.12. The number of rotatable bonds is 3. The molecule has 0 unspecified atom stereocenters. The molecule has 0 atom stereocenters. The van der Waals surface area contributed by atoms with Gasteiger partial charge in [0.05, 0.1) is 12.3 Å². The minimum Gasteiger partial charge on any atom is -0.493 e. The van der Waals surface area contributed by atoms with Crippen molar-refractivity contribution >= 4 is 5.69 Å². The fourth-order valence-corrected chi connectivity index (χ4v) is 0.861. The maximum absolute atomic E-state index is 12.9. The van der Waals surface area contributed by atoms with Gasteiger partial charge in [-0.2, -0.15) is 0 Å². The molecule has 2 N–H and O–H groups in total. The zero-order valence-corrected chi connectivity index (χ0v) is 7.88. The third-order valence-electron chi connectivity index (χ3n) is 1.56. The molecule has 1 rings (SSSR count). The summed E-state index contributed by atoms with van der Waals surface area (Å²) >= 11 is 0. The van der Waals surface area contributed by atoms with E-state index in [0.29, 0.717) is 18.3 Å². The molecule has 0 spiro atoms. The zero-order chi connectivity index (χ0) is 9.84. The Balaban J connectivity index is 2.63. The summed E-state index contributed by atoms with van der Waals surface area (Å²) in [5.74, 6) is 0.530. The van der Waals surface area contributed by atoms with Gasteiger partial charge in [0.25, 0.3) is 0 Å². The number of benzene rings is 1. The third kappa shape index (κ3) is 2.93. The van der Waals surface area contributed by atoms with Crippen molar-refractivity contribution in [3.63, 3.8) is 0 Å². The monoisotopic (exact) mass is 183 g/mol. The summed E-state index contributed by atoms with van der Waals surface area (Å²) in [4.78, 5) is 0. The number of nitrogens with two attached hydrogens (primary N) is 1. The second-order valence-corrected chi connectivity index (χ2v) is 3.39. The molecule has 72 valence electrons. The topological polar surface area (TPSA) is 35.2 Å². The van der Waals surface area contributed by atoms with Crippen molar-refractivity contribution in [3.05, 3.63) is 24.0 Å². The highest BCUT2D eigenvalue weighted by Gasteiger charge is 2.01. The predicted octanol–water partition coefficient (Wildman–Crippen LogP) is 2.44. The van der Waals surface area contributed by atoms with Gasteiger partial charge >= 0.3 is 0 Å². The second kappa shape index (κ2) is 4.12. The van der Waals surface area contributed by atoms with Gasteiger partial charge in [-0.3, -0.25) is 0 Å².